The molecule has 0 saturated heterocycles. The van der Waals surface area contributed by atoms with Crippen molar-refractivity contribution < 1.29 is 18.0 Å². The molecule has 5 aliphatic carbocycles. The number of nitrogens with one attached hydrogen (secondary N) is 2. The van der Waals surface area contributed by atoms with E-state index in [2.05, 4.69) is 10.6 Å². The number of halogens is 1. The monoisotopic (exact) mass is 535 g/mol. The van der Waals surface area contributed by atoms with Crippen LogP contribution in [0.4, 0.5) is 0 Å². The zero-order chi connectivity index (χ0) is 25.7. The average Bonchev–Trinajstić information content (AvgIpc) is 2.81. The molecule has 5 saturated carbocycles. The fourth-order valence-corrected chi connectivity index (χ4v) is 9.44. The van der Waals surface area contributed by atoms with E-state index in [4.69, 9.17) is 11.6 Å². The Kier molecular flexibility index (Phi) is 6.92. The average molecular weight is 536 g/mol. The Balaban J connectivity index is 1.27. The van der Waals surface area contributed by atoms with E-state index in [-0.39, 0.29) is 33.2 Å². The highest BCUT2D eigenvalue weighted by Gasteiger charge is 2.60. The zero-order valence-electron chi connectivity index (χ0n) is 21.3. The first-order valence-electron chi connectivity index (χ1n) is 13.5. The van der Waals surface area contributed by atoms with Crippen LogP contribution in [0.3, 0.4) is 0 Å². The molecule has 9 heteroatoms. The van der Waals surface area contributed by atoms with Gasteiger partial charge < -0.3 is 10.2 Å². The lowest BCUT2D eigenvalue weighted by atomic mass is 9.47. The van der Waals surface area contributed by atoms with Crippen molar-refractivity contribution in [2.75, 3.05) is 19.0 Å². The third kappa shape index (κ3) is 4.37. The fraction of sp³-hybridized carbons (Fsp3) is 0.704. The van der Waals surface area contributed by atoms with Crippen molar-refractivity contribution >= 4 is 33.3 Å². The van der Waals surface area contributed by atoms with Crippen LogP contribution in [0.5, 0.6) is 0 Å². The second kappa shape index (κ2) is 9.59. The van der Waals surface area contributed by atoms with Crippen LogP contribution in [0.2, 0.25) is 5.02 Å². The second-order valence-corrected chi connectivity index (χ2v) is 13.9. The Labute approximate surface area is 219 Å². The molecule has 6 rings (SSSR count). The molecular weight excluding hydrogens is 498 g/mol. The first-order valence-corrected chi connectivity index (χ1v) is 15.5. The van der Waals surface area contributed by atoms with Crippen LogP contribution >= 0.6 is 11.6 Å². The van der Waals surface area contributed by atoms with Crippen molar-refractivity contribution in [3.05, 3.63) is 29.3 Å². The van der Waals surface area contributed by atoms with E-state index < -0.39 is 15.4 Å². The van der Waals surface area contributed by atoms with E-state index in [0.29, 0.717) is 36.5 Å². The summed E-state index contributed by atoms with van der Waals surface area (Å²) in [7, 11) is -3.68. The minimum absolute atomic E-state index is 0.0612. The molecule has 0 spiro atoms. The van der Waals surface area contributed by atoms with E-state index in [1.807, 2.05) is 18.7 Å². The van der Waals surface area contributed by atoms with Crippen LogP contribution in [0.15, 0.2) is 29.2 Å². The van der Waals surface area contributed by atoms with Gasteiger partial charge >= 0.3 is 0 Å². The molecule has 2 atom stereocenters. The normalized spacial score (nSPS) is 32.1. The molecule has 198 valence electrons. The summed E-state index contributed by atoms with van der Waals surface area (Å²) in [4.78, 5) is 29.2. The quantitative estimate of drug-likeness (QED) is 0.502. The molecule has 2 N–H and O–H groups in total. The Morgan fingerprint density at radius 1 is 1.06 bits per heavy atom. The van der Waals surface area contributed by atoms with Crippen LogP contribution in [-0.2, 0) is 19.4 Å². The van der Waals surface area contributed by atoms with Gasteiger partial charge in [0.2, 0.25) is 11.8 Å². The van der Waals surface area contributed by atoms with Gasteiger partial charge in [-0.25, -0.2) is 8.42 Å². The van der Waals surface area contributed by atoms with Gasteiger partial charge in [-0.15, -0.1) is 0 Å². The SMILES string of the molecule is CCN(CC)C(=O)C12CC3CC(C1)C(NC(=O)C1(NCS(=O)(=O)c4ccccc4Cl)CCC1)C(C3)C2. The summed E-state index contributed by atoms with van der Waals surface area (Å²) < 4.78 is 25.9. The summed E-state index contributed by atoms with van der Waals surface area (Å²) in [5, 5.41) is 6.65. The van der Waals surface area contributed by atoms with Crippen LogP contribution < -0.4 is 10.6 Å². The smallest absolute Gasteiger partial charge is 0.240 e. The van der Waals surface area contributed by atoms with Crippen LogP contribution in [-0.4, -0.2) is 55.7 Å². The number of rotatable bonds is 9. The summed E-state index contributed by atoms with van der Waals surface area (Å²) in [5.41, 5.74) is -1.13. The van der Waals surface area contributed by atoms with Crippen molar-refractivity contribution in [3.63, 3.8) is 0 Å². The van der Waals surface area contributed by atoms with Gasteiger partial charge in [-0.1, -0.05) is 23.7 Å². The predicted octanol–water partition coefficient (Wildman–Crippen LogP) is 3.76. The molecule has 36 heavy (non-hydrogen) atoms. The second-order valence-electron chi connectivity index (χ2n) is 11.5. The van der Waals surface area contributed by atoms with Gasteiger partial charge in [0.1, 0.15) is 5.88 Å². The van der Waals surface area contributed by atoms with Gasteiger partial charge in [-0.2, -0.15) is 0 Å². The summed E-state index contributed by atoms with van der Waals surface area (Å²) in [6.07, 6.45) is 6.93. The molecule has 2 unspecified atom stereocenters. The lowest BCUT2D eigenvalue weighted by molar-refractivity contribution is -0.161. The molecule has 0 aliphatic heterocycles. The molecule has 0 radical (unpaired) electrons. The van der Waals surface area contributed by atoms with E-state index in [1.165, 1.54) is 6.07 Å². The number of carbonyl (C=O) groups is 2. The van der Waals surface area contributed by atoms with E-state index in [1.54, 1.807) is 18.2 Å². The van der Waals surface area contributed by atoms with Crippen LogP contribution in [0.25, 0.3) is 0 Å². The number of nitrogens with zero attached hydrogens (tertiary/aromatic N) is 1. The Morgan fingerprint density at radius 2 is 1.69 bits per heavy atom. The maximum absolute atomic E-state index is 13.6. The molecule has 4 bridgehead atoms. The van der Waals surface area contributed by atoms with Gasteiger partial charge in [-0.05, 0) is 95.1 Å². The van der Waals surface area contributed by atoms with Crippen molar-refractivity contribution in [2.24, 2.45) is 23.2 Å². The molecule has 7 nitrogen and oxygen atoms in total. The number of benzene rings is 1. The minimum atomic E-state index is -3.68. The molecular formula is C27H38ClN3O4S. The van der Waals surface area contributed by atoms with E-state index >= 15 is 0 Å². The first-order chi connectivity index (χ1) is 17.1. The fourth-order valence-electron chi connectivity index (χ4n) is 7.68. The molecule has 2 amide bonds. The topological polar surface area (TPSA) is 95.6 Å². The van der Waals surface area contributed by atoms with Gasteiger partial charge in [0.15, 0.2) is 9.84 Å². The summed E-state index contributed by atoms with van der Waals surface area (Å²) in [6.45, 7) is 5.56. The Morgan fingerprint density at radius 3 is 2.25 bits per heavy atom. The van der Waals surface area contributed by atoms with Crippen molar-refractivity contribution in [1.82, 2.24) is 15.5 Å². The number of carbonyl (C=O) groups excluding carboxylic acids is 2. The van der Waals surface area contributed by atoms with Gasteiger partial charge in [0.05, 0.1) is 20.9 Å². The van der Waals surface area contributed by atoms with E-state index in [9.17, 15) is 18.0 Å². The summed E-state index contributed by atoms with van der Waals surface area (Å²) in [6, 6.07) is 6.46. The van der Waals surface area contributed by atoms with Crippen molar-refractivity contribution in [2.45, 2.75) is 81.7 Å². The number of amides is 2. The van der Waals surface area contributed by atoms with Crippen LogP contribution in [0.1, 0.15) is 65.2 Å². The highest BCUT2D eigenvalue weighted by Crippen LogP contribution is 2.60. The summed E-state index contributed by atoms with van der Waals surface area (Å²) >= 11 is 6.13. The van der Waals surface area contributed by atoms with Crippen molar-refractivity contribution in [3.8, 4) is 0 Å². The maximum atomic E-state index is 13.6. The minimum Gasteiger partial charge on any atom is -0.351 e. The number of hydrogen-bond donors (Lipinski definition) is 2. The molecule has 0 aromatic heterocycles. The number of sulfone groups is 1. The molecule has 1 aromatic rings. The highest BCUT2D eigenvalue weighted by atomic mass is 35.5. The Hall–Kier alpha value is -1.64. The lowest BCUT2D eigenvalue weighted by Gasteiger charge is -2.60. The van der Waals surface area contributed by atoms with E-state index in [0.717, 1.165) is 51.6 Å². The maximum Gasteiger partial charge on any atom is 0.240 e. The third-order valence-electron chi connectivity index (χ3n) is 9.49. The molecule has 0 heterocycles. The zero-order valence-corrected chi connectivity index (χ0v) is 22.8. The molecule has 5 fully saturated rings. The van der Waals surface area contributed by atoms with Gasteiger partial charge in [0, 0.05) is 19.1 Å². The Bertz CT molecular complexity index is 1120. The lowest BCUT2D eigenvalue weighted by Crippen LogP contribution is -2.68. The summed E-state index contributed by atoms with van der Waals surface area (Å²) in [5.74, 6) is 1.06. The number of hydrogen-bond acceptors (Lipinski definition) is 5. The highest BCUT2D eigenvalue weighted by molar-refractivity contribution is 7.91. The predicted molar refractivity (Wildman–Crippen MR) is 139 cm³/mol. The third-order valence-corrected chi connectivity index (χ3v) is 11.5. The van der Waals surface area contributed by atoms with Gasteiger partial charge in [0.25, 0.3) is 0 Å². The molecule has 5 aliphatic rings. The van der Waals surface area contributed by atoms with Gasteiger partial charge in [-0.3, -0.25) is 14.9 Å². The van der Waals surface area contributed by atoms with Crippen molar-refractivity contribution in [1.29, 1.82) is 0 Å². The van der Waals surface area contributed by atoms with Crippen LogP contribution in [0, 0.1) is 23.2 Å². The largest absolute Gasteiger partial charge is 0.351 e. The standard InChI is InChI=1S/C27H38ClN3O4S/c1-3-31(4-2)25(33)26-14-18-12-19(15-26)23(20(13-18)16-26)30-24(32)27(10-7-11-27)29-17-36(34,35)22-9-6-5-8-21(22)28/h5-6,8-9,18-20,23,29H,3-4,7,10-17H2,1-2H3,(H,30,32). The first kappa shape index (κ1) is 26.0. The molecule has 1 aromatic carbocycles.